The molecule has 0 bridgehead atoms. The molecule has 1 amide bonds. The largest absolute Gasteiger partial charge is 0.493 e. The van der Waals surface area contributed by atoms with Crippen molar-refractivity contribution >= 4 is 21.8 Å². The van der Waals surface area contributed by atoms with E-state index >= 15 is 0 Å². The van der Waals surface area contributed by atoms with E-state index in [1.165, 1.54) is 6.08 Å². The van der Waals surface area contributed by atoms with Crippen molar-refractivity contribution in [2.75, 3.05) is 38.3 Å². The van der Waals surface area contributed by atoms with Crippen molar-refractivity contribution < 1.29 is 22.7 Å². The fourth-order valence-electron chi connectivity index (χ4n) is 3.92. The molecule has 0 radical (unpaired) electrons. The quantitative estimate of drug-likeness (QED) is 0.644. The van der Waals surface area contributed by atoms with Gasteiger partial charge in [0.2, 0.25) is 5.91 Å². The van der Waals surface area contributed by atoms with Crippen LogP contribution in [0.4, 0.5) is 0 Å². The first kappa shape index (κ1) is 21.6. The first-order valence-electron chi connectivity index (χ1n) is 10.2. The van der Waals surface area contributed by atoms with Crippen LogP contribution in [0, 0.1) is 0 Å². The van der Waals surface area contributed by atoms with E-state index in [2.05, 4.69) is 10.2 Å². The van der Waals surface area contributed by atoms with Gasteiger partial charge in [0.1, 0.15) is 0 Å². The van der Waals surface area contributed by atoms with Gasteiger partial charge >= 0.3 is 0 Å². The fourth-order valence-corrected chi connectivity index (χ4v) is 5.87. The number of nitrogens with one attached hydrogen (secondary N) is 1. The van der Waals surface area contributed by atoms with Gasteiger partial charge in [0, 0.05) is 12.1 Å². The van der Waals surface area contributed by atoms with Gasteiger partial charge in [-0.15, -0.1) is 0 Å². The maximum atomic E-state index is 12.4. The lowest BCUT2D eigenvalue weighted by Crippen LogP contribution is -2.49. The Balaban J connectivity index is 1.64. The molecule has 1 aromatic carbocycles. The summed E-state index contributed by atoms with van der Waals surface area (Å²) in [7, 11) is -1.55. The molecule has 1 N–H and O–H groups in total. The van der Waals surface area contributed by atoms with E-state index in [4.69, 9.17) is 9.47 Å². The molecule has 29 heavy (non-hydrogen) atoms. The second-order valence-electron chi connectivity index (χ2n) is 7.59. The minimum absolute atomic E-state index is 0.00499. The van der Waals surface area contributed by atoms with Crippen molar-refractivity contribution in [1.82, 2.24) is 10.2 Å². The minimum Gasteiger partial charge on any atom is -0.493 e. The molecule has 0 aliphatic carbocycles. The van der Waals surface area contributed by atoms with Gasteiger partial charge in [-0.05, 0) is 56.1 Å². The van der Waals surface area contributed by atoms with Crippen LogP contribution in [-0.4, -0.2) is 69.6 Å². The normalized spacial score (nSPS) is 24.1. The molecule has 2 aliphatic rings. The van der Waals surface area contributed by atoms with Crippen LogP contribution in [0.3, 0.4) is 0 Å². The number of hydrogen-bond acceptors (Lipinski definition) is 6. The highest BCUT2D eigenvalue weighted by Crippen LogP contribution is 2.28. The SMILES string of the molecule is CCCOc1ccc(/C=C/C(=O)NC2CS(=O)(=O)CC2N2CCCC2)cc1OC. The van der Waals surface area contributed by atoms with Crippen molar-refractivity contribution in [3.05, 3.63) is 29.8 Å². The molecule has 160 valence electrons. The smallest absolute Gasteiger partial charge is 0.244 e. The van der Waals surface area contributed by atoms with Crippen molar-refractivity contribution in [1.29, 1.82) is 0 Å². The zero-order valence-corrected chi connectivity index (χ0v) is 17.9. The molecule has 0 spiro atoms. The molecule has 3 rings (SSSR count). The lowest BCUT2D eigenvalue weighted by atomic mass is 10.1. The number of ether oxygens (including phenoxy) is 2. The lowest BCUT2D eigenvalue weighted by Gasteiger charge is -2.28. The van der Waals surface area contributed by atoms with E-state index in [1.54, 1.807) is 13.2 Å². The second kappa shape index (κ2) is 9.63. The average Bonchev–Trinajstić information content (AvgIpc) is 3.32. The van der Waals surface area contributed by atoms with Crippen molar-refractivity contribution in [3.63, 3.8) is 0 Å². The standard InChI is InChI=1S/C21H30N2O5S/c1-3-12-28-19-8-6-16(13-20(19)27-2)7-9-21(24)22-17-14-29(25,26)15-18(17)23-10-4-5-11-23/h6-9,13,17-18H,3-5,10-12,14-15H2,1-2H3,(H,22,24)/b9-7+. The molecular formula is C21H30N2O5S. The summed E-state index contributed by atoms with van der Waals surface area (Å²) < 4.78 is 35.2. The molecule has 1 aromatic rings. The first-order valence-corrected chi connectivity index (χ1v) is 12.0. The minimum atomic E-state index is -3.13. The molecule has 8 heteroatoms. The van der Waals surface area contributed by atoms with Crippen LogP contribution in [-0.2, 0) is 14.6 Å². The van der Waals surface area contributed by atoms with Gasteiger partial charge in [-0.2, -0.15) is 0 Å². The Morgan fingerprint density at radius 1 is 1.24 bits per heavy atom. The highest BCUT2D eigenvalue weighted by atomic mass is 32.2. The van der Waals surface area contributed by atoms with Crippen molar-refractivity contribution in [3.8, 4) is 11.5 Å². The van der Waals surface area contributed by atoms with E-state index < -0.39 is 9.84 Å². The van der Waals surface area contributed by atoms with Gasteiger partial charge in [0.15, 0.2) is 21.3 Å². The Morgan fingerprint density at radius 3 is 2.69 bits per heavy atom. The summed E-state index contributed by atoms with van der Waals surface area (Å²) in [5.41, 5.74) is 0.802. The molecule has 2 unspecified atom stereocenters. The van der Waals surface area contributed by atoms with Crippen LogP contribution in [0.25, 0.3) is 6.08 Å². The van der Waals surface area contributed by atoms with Gasteiger partial charge in [-0.1, -0.05) is 13.0 Å². The van der Waals surface area contributed by atoms with E-state index in [0.29, 0.717) is 18.1 Å². The third-order valence-electron chi connectivity index (χ3n) is 5.34. The molecule has 2 atom stereocenters. The Labute approximate surface area is 173 Å². The Bertz CT molecular complexity index is 847. The Kier molecular flexibility index (Phi) is 7.18. The van der Waals surface area contributed by atoms with Gasteiger partial charge < -0.3 is 14.8 Å². The Morgan fingerprint density at radius 2 is 2.00 bits per heavy atom. The number of carbonyl (C=O) groups is 1. The summed E-state index contributed by atoms with van der Waals surface area (Å²) in [4.78, 5) is 14.6. The number of likely N-dealkylation sites (tertiary alicyclic amines) is 1. The van der Waals surface area contributed by atoms with Crippen molar-refractivity contribution in [2.45, 2.75) is 38.3 Å². The second-order valence-corrected chi connectivity index (χ2v) is 9.75. The third-order valence-corrected chi connectivity index (χ3v) is 7.05. The first-order chi connectivity index (χ1) is 13.9. The van der Waals surface area contributed by atoms with Gasteiger partial charge in [-0.25, -0.2) is 8.42 Å². The number of nitrogens with zero attached hydrogens (tertiary/aromatic N) is 1. The van der Waals surface area contributed by atoms with Gasteiger partial charge in [-0.3, -0.25) is 9.69 Å². The molecule has 0 aromatic heterocycles. The number of hydrogen-bond donors (Lipinski definition) is 1. The van der Waals surface area contributed by atoms with Gasteiger partial charge in [0.05, 0.1) is 31.3 Å². The molecule has 7 nitrogen and oxygen atoms in total. The highest BCUT2D eigenvalue weighted by molar-refractivity contribution is 7.91. The summed E-state index contributed by atoms with van der Waals surface area (Å²) in [5.74, 6) is 1.11. The molecule has 2 heterocycles. The summed E-state index contributed by atoms with van der Waals surface area (Å²) in [6.45, 7) is 4.44. The van der Waals surface area contributed by atoms with E-state index in [9.17, 15) is 13.2 Å². The summed E-state index contributed by atoms with van der Waals surface area (Å²) in [6.07, 6.45) is 6.19. The number of rotatable bonds is 8. The Hall–Kier alpha value is -2.06. The summed E-state index contributed by atoms with van der Waals surface area (Å²) in [5, 5.41) is 2.90. The predicted molar refractivity (Wildman–Crippen MR) is 113 cm³/mol. The average molecular weight is 423 g/mol. The van der Waals surface area contributed by atoms with Gasteiger partial charge in [0.25, 0.3) is 0 Å². The lowest BCUT2D eigenvalue weighted by molar-refractivity contribution is -0.117. The maximum Gasteiger partial charge on any atom is 0.244 e. The number of benzene rings is 1. The van der Waals surface area contributed by atoms with Crippen molar-refractivity contribution in [2.24, 2.45) is 0 Å². The molecule has 2 aliphatic heterocycles. The molecule has 0 saturated carbocycles. The van der Waals surface area contributed by atoms with E-state index in [-0.39, 0.29) is 29.5 Å². The summed E-state index contributed by atoms with van der Waals surface area (Å²) >= 11 is 0. The zero-order valence-electron chi connectivity index (χ0n) is 17.1. The zero-order chi connectivity index (χ0) is 20.9. The van der Waals surface area contributed by atoms with Crippen LogP contribution >= 0.6 is 0 Å². The predicted octanol–water partition coefficient (Wildman–Crippen LogP) is 1.87. The number of carbonyl (C=O) groups excluding carboxylic acids is 1. The van der Waals surface area contributed by atoms with Crippen LogP contribution < -0.4 is 14.8 Å². The van der Waals surface area contributed by atoms with E-state index in [0.717, 1.165) is 37.9 Å². The monoisotopic (exact) mass is 422 g/mol. The maximum absolute atomic E-state index is 12.4. The van der Waals surface area contributed by atoms with Crippen LogP contribution in [0.15, 0.2) is 24.3 Å². The van der Waals surface area contributed by atoms with E-state index in [1.807, 2.05) is 25.1 Å². The summed E-state index contributed by atoms with van der Waals surface area (Å²) in [6, 6.07) is 4.98. The number of sulfone groups is 1. The highest BCUT2D eigenvalue weighted by Gasteiger charge is 2.42. The van der Waals surface area contributed by atoms with Crippen LogP contribution in [0.2, 0.25) is 0 Å². The number of amides is 1. The van der Waals surface area contributed by atoms with Crippen LogP contribution in [0.1, 0.15) is 31.7 Å². The molecular weight excluding hydrogens is 392 g/mol. The fraction of sp³-hybridized carbons (Fsp3) is 0.571. The molecule has 2 fully saturated rings. The number of methoxy groups -OCH3 is 1. The third kappa shape index (κ3) is 5.73. The molecule has 2 saturated heterocycles. The topological polar surface area (TPSA) is 84.9 Å². The van der Waals surface area contributed by atoms with Crippen LogP contribution in [0.5, 0.6) is 11.5 Å².